The number of ether oxygens (including phenoxy) is 1. The Labute approximate surface area is 119 Å². The monoisotopic (exact) mass is 272 g/mol. The van der Waals surface area contributed by atoms with E-state index < -0.39 is 0 Å². The molecule has 0 aliphatic carbocycles. The van der Waals surface area contributed by atoms with Crippen molar-refractivity contribution < 1.29 is 4.74 Å². The van der Waals surface area contributed by atoms with E-state index in [-0.39, 0.29) is 6.04 Å². The largest absolute Gasteiger partial charge is 0.477 e. The van der Waals surface area contributed by atoms with E-state index in [9.17, 15) is 0 Å². The lowest BCUT2D eigenvalue weighted by atomic mass is 10.1. The molecular formula is C15H20N4O. The zero-order chi connectivity index (χ0) is 14.4. The van der Waals surface area contributed by atoms with Crippen molar-refractivity contribution in [3.8, 4) is 5.88 Å². The van der Waals surface area contributed by atoms with Crippen LogP contribution in [0.15, 0.2) is 36.7 Å². The maximum atomic E-state index is 5.96. The fourth-order valence-electron chi connectivity index (χ4n) is 1.83. The summed E-state index contributed by atoms with van der Waals surface area (Å²) in [6.07, 6.45) is 4.21. The topological polar surface area (TPSA) is 73.1 Å². The first-order valence-electron chi connectivity index (χ1n) is 6.77. The van der Waals surface area contributed by atoms with Crippen molar-refractivity contribution >= 4 is 11.5 Å². The first-order valence-corrected chi connectivity index (χ1v) is 6.77. The molecule has 2 rings (SSSR count). The Bertz CT molecular complexity index is 557. The Morgan fingerprint density at radius 2 is 2.10 bits per heavy atom. The summed E-state index contributed by atoms with van der Waals surface area (Å²) in [6, 6.07) is 7.85. The average Bonchev–Trinajstić information content (AvgIpc) is 2.46. The van der Waals surface area contributed by atoms with Gasteiger partial charge in [-0.1, -0.05) is 25.1 Å². The third-order valence-corrected chi connectivity index (χ3v) is 2.78. The molecule has 5 heteroatoms. The zero-order valence-corrected chi connectivity index (χ0v) is 11.8. The van der Waals surface area contributed by atoms with Crippen molar-refractivity contribution in [2.75, 3.05) is 11.9 Å². The number of hydrogen-bond acceptors (Lipinski definition) is 5. The van der Waals surface area contributed by atoms with Crippen molar-refractivity contribution in [3.05, 3.63) is 42.2 Å². The van der Waals surface area contributed by atoms with E-state index in [1.165, 1.54) is 0 Å². The van der Waals surface area contributed by atoms with Crippen LogP contribution >= 0.6 is 0 Å². The summed E-state index contributed by atoms with van der Waals surface area (Å²) in [7, 11) is 0. The Balaban J connectivity index is 2.17. The minimum atomic E-state index is -0.0498. The van der Waals surface area contributed by atoms with Gasteiger partial charge in [-0.2, -0.15) is 4.98 Å². The lowest BCUT2D eigenvalue weighted by molar-refractivity contribution is 0.304. The van der Waals surface area contributed by atoms with Crippen LogP contribution in [0.1, 0.15) is 31.9 Å². The molecule has 3 N–H and O–H groups in total. The number of benzene rings is 1. The number of nitrogens with one attached hydrogen (secondary N) is 1. The van der Waals surface area contributed by atoms with E-state index in [0.717, 1.165) is 17.7 Å². The van der Waals surface area contributed by atoms with Gasteiger partial charge >= 0.3 is 0 Å². The van der Waals surface area contributed by atoms with Gasteiger partial charge in [-0.3, -0.25) is 4.98 Å². The number of anilines is 2. The highest BCUT2D eigenvalue weighted by Crippen LogP contribution is 2.24. The number of aromatic nitrogens is 2. The predicted molar refractivity (Wildman–Crippen MR) is 80.1 cm³/mol. The fraction of sp³-hybridized carbons (Fsp3) is 0.333. The molecule has 1 heterocycles. The minimum Gasteiger partial charge on any atom is -0.477 e. The Morgan fingerprint density at radius 3 is 2.85 bits per heavy atom. The quantitative estimate of drug-likeness (QED) is 0.845. The van der Waals surface area contributed by atoms with Crippen molar-refractivity contribution in [2.45, 2.75) is 26.3 Å². The molecule has 0 spiro atoms. The van der Waals surface area contributed by atoms with Gasteiger partial charge in [-0.25, -0.2) is 0 Å². The summed E-state index contributed by atoms with van der Waals surface area (Å²) in [5, 5.41) is 3.24. The Hall–Kier alpha value is -2.14. The van der Waals surface area contributed by atoms with Gasteiger partial charge in [-0.15, -0.1) is 0 Å². The molecule has 5 nitrogen and oxygen atoms in total. The van der Waals surface area contributed by atoms with Crippen LogP contribution in [-0.4, -0.2) is 16.6 Å². The van der Waals surface area contributed by atoms with Gasteiger partial charge in [-0.05, 0) is 25.0 Å². The second kappa shape index (κ2) is 6.86. The van der Waals surface area contributed by atoms with Crippen molar-refractivity contribution in [1.29, 1.82) is 0 Å². The van der Waals surface area contributed by atoms with Crippen LogP contribution in [0.3, 0.4) is 0 Å². The van der Waals surface area contributed by atoms with E-state index in [1.807, 2.05) is 31.2 Å². The molecule has 0 bridgehead atoms. The standard InChI is InChI=1S/C15H20N4O/c1-3-8-20-15-10-17-9-14(19-15)18-13-7-5-4-6-12(13)11(2)16/h4-7,9-11H,3,8,16H2,1-2H3,(H,18,19). The molecule has 1 aromatic heterocycles. The normalized spacial score (nSPS) is 11.9. The van der Waals surface area contributed by atoms with Gasteiger partial charge in [0, 0.05) is 11.7 Å². The fourth-order valence-corrected chi connectivity index (χ4v) is 1.83. The SMILES string of the molecule is CCCOc1cncc(Nc2ccccc2C(C)N)n1. The molecule has 0 aliphatic rings. The van der Waals surface area contributed by atoms with Crippen LogP contribution in [0.2, 0.25) is 0 Å². The molecule has 2 aromatic rings. The van der Waals surface area contributed by atoms with Gasteiger partial charge in [0.25, 0.3) is 0 Å². The second-order valence-electron chi connectivity index (χ2n) is 4.59. The van der Waals surface area contributed by atoms with Crippen LogP contribution in [0.25, 0.3) is 0 Å². The summed E-state index contributed by atoms with van der Waals surface area (Å²) in [6.45, 7) is 4.63. The Kier molecular flexibility index (Phi) is 4.90. The molecule has 1 atom stereocenters. The van der Waals surface area contributed by atoms with E-state index in [1.54, 1.807) is 12.4 Å². The summed E-state index contributed by atoms with van der Waals surface area (Å²) >= 11 is 0. The summed E-state index contributed by atoms with van der Waals surface area (Å²) in [5.74, 6) is 1.17. The summed E-state index contributed by atoms with van der Waals surface area (Å²) in [4.78, 5) is 8.50. The third-order valence-electron chi connectivity index (χ3n) is 2.78. The van der Waals surface area contributed by atoms with E-state index in [2.05, 4.69) is 22.2 Å². The highest BCUT2D eigenvalue weighted by Gasteiger charge is 2.07. The van der Waals surface area contributed by atoms with Crippen molar-refractivity contribution in [2.24, 2.45) is 5.73 Å². The van der Waals surface area contributed by atoms with Gasteiger partial charge < -0.3 is 15.8 Å². The molecule has 0 fully saturated rings. The molecule has 1 aromatic carbocycles. The van der Waals surface area contributed by atoms with Crippen LogP contribution < -0.4 is 15.8 Å². The van der Waals surface area contributed by atoms with Crippen LogP contribution in [0.5, 0.6) is 5.88 Å². The van der Waals surface area contributed by atoms with E-state index in [4.69, 9.17) is 10.5 Å². The molecule has 0 aliphatic heterocycles. The zero-order valence-electron chi connectivity index (χ0n) is 11.8. The third kappa shape index (κ3) is 3.68. The van der Waals surface area contributed by atoms with Gasteiger partial charge in [0.1, 0.15) is 0 Å². The smallest absolute Gasteiger partial charge is 0.234 e. The number of rotatable bonds is 6. The molecule has 0 radical (unpaired) electrons. The number of nitrogens with two attached hydrogens (primary N) is 1. The van der Waals surface area contributed by atoms with Crippen LogP contribution in [0, 0.1) is 0 Å². The summed E-state index contributed by atoms with van der Waals surface area (Å²) in [5.41, 5.74) is 7.93. The van der Waals surface area contributed by atoms with Gasteiger partial charge in [0.2, 0.25) is 5.88 Å². The average molecular weight is 272 g/mol. The number of nitrogens with zero attached hydrogens (tertiary/aromatic N) is 2. The highest BCUT2D eigenvalue weighted by molar-refractivity contribution is 5.60. The number of para-hydroxylation sites is 1. The second-order valence-corrected chi connectivity index (χ2v) is 4.59. The van der Waals surface area contributed by atoms with E-state index in [0.29, 0.717) is 18.3 Å². The first-order chi connectivity index (χ1) is 9.70. The lowest BCUT2D eigenvalue weighted by Gasteiger charge is -2.14. The van der Waals surface area contributed by atoms with Crippen LogP contribution in [-0.2, 0) is 0 Å². The minimum absolute atomic E-state index is 0.0498. The first kappa shape index (κ1) is 14.3. The molecule has 0 saturated carbocycles. The molecule has 0 amide bonds. The Morgan fingerprint density at radius 1 is 1.30 bits per heavy atom. The molecule has 106 valence electrons. The molecule has 0 saturated heterocycles. The maximum absolute atomic E-state index is 5.96. The molecule has 20 heavy (non-hydrogen) atoms. The van der Waals surface area contributed by atoms with Gasteiger partial charge in [0.15, 0.2) is 5.82 Å². The highest BCUT2D eigenvalue weighted by atomic mass is 16.5. The summed E-state index contributed by atoms with van der Waals surface area (Å²) < 4.78 is 5.47. The number of hydrogen-bond donors (Lipinski definition) is 2. The lowest BCUT2D eigenvalue weighted by Crippen LogP contribution is -2.08. The maximum Gasteiger partial charge on any atom is 0.234 e. The predicted octanol–water partition coefficient (Wildman–Crippen LogP) is 3.03. The van der Waals surface area contributed by atoms with Crippen LogP contribution in [0.4, 0.5) is 11.5 Å². The van der Waals surface area contributed by atoms with Gasteiger partial charge in [0.05, 0.1) is 19.0 Å². The van der Waals surface area contributed by atoms with Crippen molar-refractivity contribution in [3.63, 3.8) is 0 Å². The molecular weight excluding hydrogens is 252 g/mol. The molecule has 1 unspecified atom stereocenters. The van der Waals surface area contributed by atoms with E-state index >= 15 is 0 Å². The van der Waals surface area contributed by atoms with Crippen molar-refractivity contribution in [1.82, 2.24) is 9.97 Å².